The minimum absolute atomic E-state index is 0.245. The molecular weight excluding hydrogens is 112 g/mol. The van der Waals surface area contributed by atoms with Crippen LogP contribution in [-0.2, 0) is 4.79 Å². The van der Waals surface area contributed by atoms with Crippen molar-refractivity contribution in [3.8, 4) is 0 Å². The van der Waals surface area contributed by atoms with Gasteiger partial charge in [0.2, 0.25) is 0 Å². The molecule has 0 spiro atoms. The van der Waals surface area contributed by atoms with Crippen LogP contribution in [0.15, 0.2) is 12.2 Å². The predicted molar refractivity (Wildman–Crippen MR) is 37.1 cm³/mol. The standard InChI is InChI=1S/C8H12O/c1-6-4-3-5-8(9)7(6)2/h3,5-7H,4H2,1-2H3/t6-,7?/m1/s1. The fraction of sp³-hybridized carbons (Fsp3) is 0.625. The van der Waals surface area contributed by atoms with Crippen LogP contribution in [0.3, 0.4) is 0 Å². The van der Waals surface area contributed by atoms with Crippen LogP contribution in [0, 0.1) is 11.8 Å². The summed E-state index contributed by atoms with van der Waals surface area (Å²) >= 11 is 0. The zero-order valence-electron chi connectivity index (χ0n) is 5.92. The summed E-state index contributed by atoms with van der Waals surface area (Å²) < 4.78 is 0. The minimum Gasteiger partial charge on any atom is -0.295 e. The van der Waals surface area contributed by atoms with Gasteiger partial charge in [0.15, 0.2) is 5.78 Å². The normalized spacial score (nSPS) is 35.1. The molecule has 0 saturated heterocycles. The van der Waals surface area contributed by atoms with Gasteiger partial charge in [0.25, 0.3) is 0 Å². The number of hydrogen-bond acceptors (Lipinski definition) is 1. The van der Waals surface area contributed by atoms with Gasteiger partial charge in [0.05, 0.1) is 0 Å². The van der Waals surface area contributed by atoms with Crippen LogP contribution in [0.5, 0.6) is 0 Å². The highest BCUT2D eigenvalue weighted by Crippen LogP contribution is 2.20. The van der Waals surface area contributed by atoms with Crippen LogP contribution in [0.4, 0.5) is 0 Å². The fourth-order valence-corrected chi connectivity index (χ4v) is 1.04. The van der Waals surface area contributed by atoms with Crippen LogP contribution in [0.1, 0.15) is 20.3 Å². The summed E-state index contributed by atoms with van der Waals surface area (Å²) in [6, 6.07) is 0. The number of rotatable bonds is 0. The molecule has 0 aromatic heterocycles. The second kappa shape index (κ2) is 2.34. The van der Waals surface area contributed by atoms with Crippen LogP contribution in [-0.4, -0.2) is 5.78 Å². The third-order valence-corrected chi connectivity index (χ3v) is 2.09. The first-order valence-corrected chi connectivity index (χ1v) is 3.42. The number of allylic oxidation sites excluding steroid dienone is 2. The molecule has 0 aromatic rings. The molecule has 0 radical (unpaired) electrons. The van der Waals surface area contributed by atoms with Gasteiger partial charge in [-0.3, -0.25) is 4.79 Å². The number of hydrogen-bond donors (Lipinski definition) is 0. The van der Waals surface area contributed by atoms with E-state index in [2.05, 4.69) is 6.92 Å². The van der Waals surface area contributed by atoms with Crippen molar-refractivity contribution in [3.05, 3.63) is 12.2 Å². The predicted octanol–water partition coefficient (Wildman–Crippen LogP) is 1.79. The smallest absolute Gasteiger partial charge is 0.158 e. The molecular formula is C8H12O. The van der Waals surface area contributed by atoms with E-state index in [9.17, 15) is 4.79 Å². The summed E-state index contributed by atoms with van der Waals surface area (Å²) in [7, 11) is 0. The van der Waals surface area contributed by atoms with Crippen molar-refractivity contribution in [1.82, 2.24) is 0 Å². The Kier molecular flexibility index (Phi) is 1.70. The van der Waals surface area contributed by atoms with Gasteiger partial charge in [0.1, 0.15) is 0 Å². The van der Waals surface area contributed by atoms with Crippen LogP contribution in [0.25, 0.3) is 0 Å². The van der Waals surface area contributed by atoms with Crippen molar-refractivity contribution in [2.75, 3.05) is 0 Å². The number of carbonyl (C=O) groups is 1. The maximum atomic E-state index is 10.9. The van der Waals surface area contributed by atoms with Crippen LogP contribution in [0.2, 0.25) is 0 Å². The highest BCUT2D eigenvalue weighted by atomic mass is 16.1. The summed E-state index contributed by atoms with van der Waals surface area (Å²) in [5.74, 6) is 1.08. The Morgan fingerprint density at radius 3 is 2.67 bits per heavy atom. The summed E-state index contributed by atoms with van der Waals surface area (Å²) in [6.45, 7) is 4.11. The van der Waals surface area contributed by atoms with Crippen molar-refractivity contribution >= 4 is 5.78 Å². The van der Waals surface area contributed by atoms with Crippen molar-refractivity contribution in [3.63, 3.8) is 0 Å². The Hall–Kier alpha value is -0.590. The third kappa shape index (κ3) is 1.21. The topological polar surface area (TPSA) is 17.1 Å². The minimum atomic E-state index is 0.245. The van der Waals surface area contributed by atoms with Gasteiger partial charge >= 0.3 is 0 Å². The molecule has 0 aromatic carbocycles. The Labute approximate surface area is 55.8 Å². The van der Waals surface area contributed by atoms with Gasteiger partial charge in [-0.25, -0.2) is 0 Å². The molecule has 0 heterocycles. The van der Waals surface area contributed by atoms with E-state index in [0.29, 0.717) is 5.92 Å². The molecule has 1 heteroatoms. The molecule has 0 amide bonds. The Morgan fingerprint density at radius 2 is 2.22 bits per heavy atom. The lowest BCUT2D eigenvalue weighted by Gasteiger charge is -2.18. The molecule has 9 heavy (non-hydrogen) atoms. The molecule has 1 rings (SSSR count). The molecule has 0 N–H and O–H groups in total. The molecule has 1 aliphatic rings. The van der Waals surface area contributed by atoms with Crippen LogP contribution >= 0.6 is 0 Å². The van der Waals surface area contributed by atoms with Gasteiger partial charge in [-0.1, -0.05) is 19.9 Å². The second-order valence-corrected chi connectivity index (χ2v) is 2.81. The molecule has 0 saturated carbocycles. The number of carbonyl (C=O) groups excluding carboxylic acids is 1. The Bertz CT molecular complexity index is 147. The second-order valence-electron chi connectivity index (χ2n) is 2.81. The lowest BCUT2D eigenvalue weighted by Crippen LogP contribution is -2.19. The molecule has 0 fully saturated rings. The average Bonchev–Trinajstić information content (AvgIpc) is 1.83. The van der Waals surface area contributed by atoms with E-state index in [1.54, 1.807) is 6.08 Å². The summed E-state index contributed by atoms with van der Waals surface area (Å²) in [4.78, 5) is 10.9. The lowest BCUT2D eigenvalue weighted by atomic mass is 9.85. The van der Waals surface area contributed by atoms with Gasteiger partial charge in [-0.15, -0.1) is 0 Å². The third-order valence-electron chi connectivity index (χ3n) is 2.09. The molecule has 0 aliphatic heterocycles. The van der Waals surface area contributed by atoms with Crippen molar-refractivity contribution < 1.29 is 4.79 Å². The van der Waals surface area contributed by atoms with Crippen molar-refractivity contribution in [1.29, 1.82) is 0 Å². The van der Waals surface area contributed by atoms with E-state index in [1.807, 2.05) is 13.0 Å². The van der Waals surface area contributed by atoms with E-state index >= 15 is 0 Å². The summed E-state index contributed by atoms with van der Waals surface area (Å²) in [5, 5.41) is 0. The van der Waals surface area contributed by atoms with Crippen LogP contribution < -0.4 is 0 Å². The van der Waals surface area contributed by atoms with Gasteiger partial charge in [-0.05, 0) is 18.4 Å². The molecule has 0 bridgehead atoms. The average molecular weight is 124 g/mol. The van der Waals surface area contributed by atoms with E-state index in [4.69, 9.17) is 0 Å². The lowest BCUT2D eigenvalue weighted by molar-refractivity contribution is -0.119. The van der Waals surface area contributed by atoms with E-state index in [0.717, 1.165) is 6.42 Å². The van der Waals surface area contributed by atoms with E-state index < -0.39 is 0 Å². The highest BCUT2D eigenvalue weighted by Gasteiger charge is 2.19. The summed E-state index contributed by atoms with van der Waals surface area (Å²) in [5.41, 5.74) is 0. The maximum Gasteiger partial charge on any atom is 0.158 e. The van der Waals surface area contributed by atoms with Gasteiger partial charge in [0, 0.05) is 5.92 Å². The molecule has 1 nitrogen and oxygen atoms in total. The van der Waals surface area contributed by atoms with E-state index in [-0.39, 0.29) is 11.7 Å². The van der Waals surface area contributed by atoms with Crippen molar-refractivity contribution in [2.24, 2.45) is 11.8 Å². The van der Waals surface area contributed by atoms with Gasteiger partial charge < -0.3 is 0 Å². The first kappa shape index (κ1) is 6.53. The zero-order chi connectivity index (χ0) is 6.85. The SMILES string of the molecule is CC1C(=O)C=CC[C@H]1C. The molecule has 1 aliphatic carbocycles. The largest absolute Gasteiger partial charge is 0.295 e. The van der Waals surface area contributed by atoms with Crippen molar-refractivity contribution in [2.45, 2.75) is 20.3 Å². The molecule has 1 unspecified atom stereocenters. The maximum absolute atomic E-state index is 10.9. The summed E-state index contributed by atoms with van der Waals surface area (Å²) in [6.07, 6.45) is 4.73. The fourth-order valence-electron chi connectivity index (χ4n) is 1.04. The zero-order valence-corrected chi connectivity index (χ0v) is 5.92. The molecule has 2 atom stereocenters. The van der Waals surface area contributed by atoms with Gasteiger partial charge in [-0.2, -0.15) is 0 Å². The Morgan fingerprint density at radius 1 is 1.56 bits per heavy atom. The quantitative estimate of drug-likeness (QED) is 0.481. The molecule has 50 valence electrons. The van der Waals surface area contributed by atoms with E-state index in [1.165, 1.54) is 0 Å². The first-order chi connectivity index (χ1) is 4.22. The number of ketones is 1. The highest BCUT2D eigenvalue weighted by molar-refractivity contribution is 5.92. The Balaban J connectivity index is 2.69. The first-order valence-electron chi connectivity index (χ1n) is 3.42. The monoisotopic (exact) mass is 124 g/mol.